The summed E-state index contributed by atoms with van der Waals surface area (Å²) >= 11 is 0. The highest BCUT2D eigenvalue weighted by Gasteiger charge is 1.95. The van der Waals surface area contributed by atoms with E-state index in [1.54, 1.807) is 0 Å². The van der Waals surface area contributed by atoms with E-state index < -0.39 is 0 Å². The van der Waals surface area contributed by atoms with E-state index in [-0.39, 0.29) is 24.0 Å². The molecule has 17 heavy (non-hydrogen) atoms. The van der Waals surface area contributed by atoms with Gasteiger partial charge in [0.15, 0.2) is 5.96 Å². The molecule has 0 amide bonds. The normalized spacial score (nSPS) is 10.9. The summed E-state index contributed by atoms with van der Waals surface area (Å²) in [7, 11) is 0. The van der Waals surface area contributed by atoms with Crippen LogP contribution < -0.4 is 10.6 Å². The maximum atomic E-state index is 5.28. The molecule has 0 aromatic heterocycles. The first-order valence-corrected chi connectivity index (χ1v) is 6.45. The van der Waals surface area contributed by atoms with Crippen LogP contribution in [0, 0.1) is 0 Å². The Bertz CT molecular complexity index is 177. The zero-order chi connectivity index (χ0) is 12.1. The number of nitrogens with one attached hydrogen (secondary N) is 2. The van der Waals surface area contributed by atoms with Gasteiger partial charge in [0.05, 0.1) is 0 Å². The van der Waals surface area contributed by atoms with E-state index >= 15 is 0 Å². The number of nitrogens with zero attached hydrogens (tertiary/aromatic N) is 1. The molecule has 0 aliphatic carbocycles. The average Bonchev–Trinajstić information content (AvgIpc) is 2.30. The minimum absolute atomic E-state index is 0. The number of guanidine groups is 1. The zero-order valence-electron chi connectivity index (χ0n) is 11.4. The quantitative estimate of drug-likeness (QED) is 0.288. The lowest BCUT2D eigenvalue weighted by Gasteiger charge is -2.10. The molecule has 4 nitrogen and oxygen atoms in total. The minimum atomic E-state index is 0. The molecule has 0 unspecified atom stereocenters. The van der Waals surface area contributed by atoms with Gasteiger partial charge in [-0.05, 0) is 33.1 Å². The highest BCUT2D eigenvalue weighted by atomic mass is 127. The van der Waals surface area contributed by atoms with Gasteiger partial charge in [0, 0.05) is 32.8 Å². The van der Waals surface area contributed by atoms with Gasteiger partial charge in [-0.2, -0.15) is 0 Å². The van der Waals surface area contributed by atoms with Crippen molar-refractivity contribution in [3.05, 3.63) is 0 Å². The summed E-state index contributed by atoms with van der Waals surface area (Å²) in [6.07, 6.45) is 3.31. The summed E-state index contributed by atoms with van der Waals surface area (Å²) in [4.78, 5) is 4.43. The lowest BCUT2D eigenvalue weighted by Crippen LogP contribution is -2.37. The van der Waals surface area contributed by atoms with Crippen LogP contribution in [0.1, 0.15) is 40.0 Å². The summed E-state index contributed by atoms with van der Waals surface area (Å²) < 4.78 is 5.28. The molecule has 0 fully saturated rings. The predicted molar refractivity (Wildman–Crippen MR) is 85.4 cm³/mol. The molecule has 0 rings (SSSR count). The van der Waals surface area contributed by atoms with Crippen molar-refractivity contribution in [2.75, 3.05) is 32.8 Å². The van der Waals surface area contributed by atoms with Crippen LogP contribution in [0.25, 0.3) is 0 Å². The number of hydrogen-bond donors (Lipinski definition) is 2. The summed E-state index contributed by atoms with van der Waals surface area (Å²) in [6, 6.07) is 0. The Morgan fingerprint density at radius 2 is 1.88 bits per heavy atom. The molecule has 0 spiro atoms. The van der Waals surface area contributed by atoms with Crippen molar-refractivity contribution in [1.29, 1.82) is 0 Å². The van der Waals surface area contributed by atoms with E-state index in [0.29, 0.717) is 0 Å². The van der Waals surface area contributed by atoms with Crippen LogP contribution in [0.3, 0.4) is 0 Å². The van der Waals surface area contributed by atoms with Crippen molar-refractivity contribution in [3.8, 4) is 0 Å². The van der Waals surface area contributed by atoms with E-state index in [9.17, 15) is 0 Å². The third kappa shape index (κ3) is 13.9. The smallest absolute Gasteiger partial charge is 0.191 e. The Kier molecular flexibility index (Phi) is 18.1. The largest absolute Gasteiger partial charge is 0.382 e. The van der Waals surface area contributed by atoms with Gasteiger partial charge in [-0.3, -0.25) is 4.99 Å². The second-order valence-corrected chi connectivity index (χ2v) is 3.59. The van der Waals surface area contributed by atoms with Crippen LogP contribution in [-0.4, -0.2) is 38.8 Å². The lowest BCUT2D eigenvalue weighted by atomic mass is 10.3. The van der Waals surface area contributed by atoms with E-state index in [2.05, 4.69) is 29.5 Å². The number of hydrogen-bond acceptors (Lipinski definition) is 2. The van der Waals surface area contributed by atoms with Gasteiger partial charge in [-0.15, -0.1) is 24.0 Å². The molecule has 0 heterocycles. The number of unbranched alkanes of at least 4 members (excludes halogenated alkanes) is 1. The average molecular weight is 357 g/mol. The summed E-state index contributed by atoms with van der Waals surface area (Å²) in [5, 5.41) is 6.54. The van der Waals surface area contributed by atoms with E-state index in [4.69, 9.17) is 4.74 Å². The lowest BCUT2D eigenvalue weighted by molar-refractivity contribution is 0.143. The monoisotopic (exact) mass is 357 g/mol. The van der Waals surface area contributed by atoms with E-state index in [1.807, 2.05) is 6.92 Å². The molecule has 0 atom stereocenters. The van der Waals surface area contributed by atoms with Crippen LogP contribution in [0.2, 0.25) is 0 Å². The number of aliphatic imine (C=N–C) groups is 1. The molecule has 0 aliphatic heterocycles. The minimum Gasteiger partial charge on any atom is -0.382 e. The van der Waals surface area contributed by atoms with Gasteiger partial charge < -0.3 is 15.4 Å². The van der Waals surface area contributed by atoms with Gasteiger partial charge in [-0.25, -0.2) is 0 Å². The fourth-order valence-corrected chi connectivity index (χ4v) is 1.25. The molecular weight excluding hydrogens is 329 g/mol. The third-order valence-electron chi connectivity index (χ3n) is 2.05. The van der Waals surface area contributed by atoms with Gasteiger partial charge in [0.2, 0.25) is 0 Å². The molecule has 0 aromatic carbocycles. The highest BCUT2D eigenvalue weighted by molar-refractivity contribution is 14.0. The highest BCUT2D eigenvalue weighted by Crippen LogP contribution is 1.88. The SMILES string of the molecule is CCCN=C(NCC)NCCCCOCC.I. The van der Waals surface area contributed by atoms with Gasteiger partial charge in [-0.1, -0.05) is 6.92 Å². The molecule has 2 N–H and O–H groups in total. The summed E-state index contributed by atoms with van der Waals surface area (Å²) in [6.45, 7) is 10.7. The maximum absolute atomic E-state index is 5.28. The number of ether oxygens (including phenoxy) is 1. The molecule has 0 saturated carbocycles. The first-order valence-electron chi connectivity index (χ1n) is 6.45. The van der Waals surface area contributed by atoms with Crippen molar-refractivity contribution >= 4 is 29.9 Å². The first kappa shape index (κ1) is 19.3. The van der Waals surface area contributed by atoms with Crippen LogP contribution in [0.15, 0.2) is 4.99 Å². The molecule has 0 aliphatic rings. The van der Waals surface area contributed by atoms with Crippen molar-refractivity contribution in [3.63, 3.8) is 0 Å². The Morgan fingerprint density at radius 1 is 1.12 bits per heavy atom. The maximum Gasteiger partial charge on any atom is 0.191 e. The summed E-state index contributed by atoms with van der Waals surface area (Å²) in [5.74, 6) is 0.931. The first-order chi connectivity index (χ1) is 7.85. The van der Waals surface area contributed by atoms with Crippen molar-refractivity contribution in [2.45, 2.75) is 40.0 Å². The fourth-order valence-electron chi connectivity index (χ4n) is 1.25. The summed E-state index contributed by atoms with van der Waals surface area (Å²) in [5.41, 5.74) is 0. The standard InChI is InChI=1S/C12H27N3O.HI/c1-4-9-14-12(13-5-2)15-10-7-8-11-16-6-3;/h4-11H2,1-3H3,(H2,13,14,15);1H. The van der Waals surface area contributed by atoms with Gasteiger partial charge in [0.25, 0.3) is 0 Å². The van der Waals surface area contributed by atoms with E-state index in [0.717, 1.165) is 58.1 Å². The molecule has 104 valence electrons. The molecule has 5 heteroatoms. The van der Waals surface area contributed by atoms with Crippen molar-refractivity contribution in [2.24, 2.45) is 4.99 Å². The van der Waals surface area contributed by atoms with Crippen LogP contribution in [-0.2, 0) is 4.74 Å². The van der Waals surface area contributed by atoms with Gasteiger partial charge >= 0.3 is 0 Å². The Balaban J connectivity index is 0. The molecule has 0 radical (unpaired) electrons. The molecule has 0 saturated heterocycles. The second kappa shape index (κ2) is 16.0. The number of halogens is 1. The molecule has 0 aromatic rings. The zero-order valence-corrected chi connectivity index (χ0v) is 13.8. The topological polar surface area (TPSA) is 45.7 Å². The fraction of sp³-hybridized carbons (Fsp3) is 0.917. The predicted octanol–water partition coefficient (Wildman–Crippen LogP) is 2.39. The van der Waals surface area contributed by atoms with Crippen LogP contribution >= 0.6 is 24.0 Å². The van der Waals surface area contributed by atoms with Gasteiger partial charge in [0.1, 0.15) is 0 Å². The third-order valence-corrected chi connectivity index (χ3v) is 2.05. The Labute approximate surface area is 123 Å². The van der Waals surface area contributed by atoms with Crippen LogP contribution in [0.4, 0.5) is 0 Å². The van der Waals surface area contributed by atoms with E-state index in [1.165, 1.54) is 0 Å². The Hall–Kier alpha value is -0.0400. The van der Waals surface area contributed by atoms with Crippen LogP contribution in [0.5, 0.6) is 0 Å². The van der Waals surface area contributed by atoms with Crippen molar-refractivity contribution < 1.29 is 4.74 Å². The Morgan fingerprint density at radius 3 is 2.47 bits per heavy atom. The second-order valence-electron chi connectivity index (χ2n) is 3.59. The molecular formula is C12H28IN3O. The van der Waals surface area contributed by atoms with Crippen molar-refractivity contribution in [1.82, 2.24) is 10.6 Å². The molecule has 0 bridgehead atoms. The number of rotatable bonds is 9.